The standard InChI is InChI=1S/C24H21FN2O2S/c1-30(28,29)27-12-11-22-20(3-2-4-21(22)16-27)13-18-7-10-24(25)23(14-18)19-8-5-17(15-26)6-9-19/h2-10,14H,11-13,16H2,1H3. The van der Waals surface area contributed by atoms with Crippen LogP contribution in [0.15, 0.2) is 60.7 Å². The maximum atomic E-state index is 14.5. The van der Waals surface area contributed by atoms with Crippen LogP contribution in [0.25, 0.3) is 11.1 Å². The summed E-state index contributed by atoms with van der Waals surface area (Å²) in [7, 11) is -3.21. The minimum Gasteiger partial charge on any atom is -0.212 e. The Balaban J connectivity index is 1.64. The number of sulfonamides is 1. The molecule has 0 N–H and O–H groups in total. The van der Waals surface area contributed by atoms with E-state index in [1.165, 1.54) is 22.2 Å². The van der Waals surface area contributed by atoms with Gasteiger partial charge in [0.15, 0.2) is 0 Å². The molecule has 0 spiro atoms. The van der Waals surface area contributed by atoms with E-state index in [2.05, 4.69) is 12.1 Å². The van der Waals surface area contributed by atoms with Gasteiger partial charge in [0.2, 0.25) is 10.0 Å². The molecule has 0 saturated carbocycles. The maximum Gasteiger partial charge on any atom is 0.211 e. The first-order chi connectivity index (χ1) is 14.3. The number of fused-ring (bicyclic) bond motifs is 1. The first kappa shape index (κ1) is 20.3. The summed E-state index contributed by atoms with van der Waals surface area (Å²) in [5.41, 5.74) is 6.10. The number of hydrogen-bond donors (Lipinski definition) is 0. The van der Waals surface area contributed by atoms with E-state index in [1.54, 1.807) is 30.3 Å². The van der Waals surface area contributed by atoms with Gasteiger partial charge in [-0.2, -0.15) is 9.57 Å². The summed E-state index contributed by atoms with van der Waals surface area (Å²) in [6, 6.07) is 20.0. The molecule has 0 bridgehead atoms. The number of benzene rings is 3. The van der Waals surface area contributed by atoms with E-state index < -0.39 is 10.0 Å². The van der Waals surface area contributed by atoms with Crippen molar-refractivity contribution in [3.8, 4) is 17.2 Å². The van der Waals surface area contributed by atoms with Crippen molar-refractivity contribution in [1.29, 1.82) is 5.26 Å². The van der Waals surface area contributed by atoms with E-state index in [-0.39, 0.29) is 5.82 Å². The first-order valence-electron chi connectivity index (χ1n) is 9.69. The molecule has 0 aliphatic carbocycles. The molecule has 30 heavy (non-hydrogen) atoms. The van der Waals surface area contributed by atoms with E-state index >= 15 is 0 Å². The largest absolute Gasteiger partial charge is 0.212 e. The van der Waals surface area contributed by atoms with Gasteiger partial charge in [-0.1, -0.05) is 36.4 Å². The third kappa shape index (κ3) is 4.13. The molecule has 4 nitrogen and oxygen atoms in total. The Hall–Kier alpha value is -3.01. The predicted octanol–water partition coefficient (Wildman–Crippen LogP) is 4.27. The van der Waals surface area contributed by atoms with Gasteiger partial charge in [-0.25, -0.2) is 12.8 Å². The second kappa shape index (κ2) is 8.02. The fourth-order valence-corrected chi connectivity index (χ4v) is 4.76. The molecular formula is C24H21FN2O2S. The highest BCUT2D eigenvalue weighted by atomic mass is 32.2. The topological polar surface area (TPSA) is 61.2 Å². The van der Waals surface area contributed by atoms with Crippen LogP contribution in [0.3, 0.4) is 0 Å². The summed E-state index contributed by atoms with van der Waals surface area (Å²) < 4.78 is 39.8. The molecule has 0 atom stereocenters. The molecule has 0 amide bonds. The van der Waals surface area contributed by atoms with Gasteiger partial charge in [0.05, 0.1) is 17.9 Å². The lowest BCUT2D eigenvalue weighted by Crippen LogP contribution is -2.35. The Bertz CT molecular complexity index is 1250. The fourth-order valence-electron chi connectivity index (χ4n) is 3.96. The van der Waals surface area contributed by atoms with Gasteiger partial charge in [0.1, 0.15) is 5.82 Å². The zero-order chi connectivity index (χ0) is 21.3. The molecule has 0 aromatic heterocycles. The minimum absolute atomic E-state index is 0.303. The van der Waals surface area contributed by atoms with E-state index in [0.717, 1.165) is 22.3 Å². The molecule has 152 valence electrons. The third-order valence-electron chi connectivity index (χ3n) is 5.55. The van der Waals surface area contributed by atoms with Crippen LogP contribution >= 0.6 is 0 Å². The van der Waals surface area contributed by atoms with Crippen LogP contribution < -0.4 is 0 Å². The van der Waals surface area contributed by atoms with E-state index in [0.29, 0.717) is 37.1 Å². The van der Waals surface area contributed by atoms with E-state index in [1.807, 2.05) is 18.2 Å². The van der Waals surface area contributed by atoms with Crippen LogP contribution in [0.1, 0.15) is 27.8 Å². The van der Waals surface area contributed by atoms with Gasteiger partial charge in [-0.05, 0) is 64.9 Å². The highest BCUT2D eigenvalue weighted by Crippen LogP contribution is 2.29. The Kier molecular flexibility index (Phi) is 5.42. The minimum atomic E-state index is -3.21. The molecule has 1 aliphatic heterocycles. The van der Waals surface area contributed by atoms with Crippen molar-refractivity contribution in [2.45, 2.75) is 19.4 Å². The summed E-state index contributed by atoms with van der Waals surface area (Å²) in [5.74, 6) is -0.303. The van der Waals surface area contributed by atoms with Crippen LogP contribution in [-0.4, -0.2) is 25.5 Å². The molecule has 0 saturated heterocycles. The van der Waals surface area contributed by atoms with Gasteiger partial charge >= 0.3 is 0 Å². The lowest BCUT2D eigenvalue weighted by Gasteiger charge is -2.28. The molecule has 6 heteroatoms. The lowest BCUT2D eigenvalue weighted by molar-refractivity contribution is 0.394. The molecular weight excluding hydrogens is 399 g/mol. The summed E-state index contributed by atoms with van der Waals surface area (Å²) in [6.07, 6.45) is 2.55. The number of nitrogens with zero attached hydrogens (tertiary/aromatic N) is 2. The smallest absolute Gasteiger partial charge is 0.211 e. The highest BCUT2D eigenvalue weighted by Gasteiger charge is 2.24. The fraction of sp³-hybridized carbons (Fsp3) is 0.208. The number of halogens is 1. The van der Waals surface area contributed by atoms with Crippen LogP contribution in [0.5, 0.6) is 0 Å². The first-order valence-corrected chi connectivity index (χ1v) is 11.5. The van der Waals surface area contributed by atoms with Gasteiger partial charge in [0.25, 0.3) is 0 Å². The zero-order valence-electron chi connectivity index (χ0n) is 16.6. The SMILES string of the molecule is CS(=O)(=O)N1CCc2c(Cc3ccc(F)c(-c4ccc(C#N)cc4)c3)cccc2C1. The average Bonchev–Trinajstić information content (AvgIpc) is 2.74. The van der Waals surface area contributed by atoms with E-state index in [9.17, 15) is 12.8 Å². The van der Waals surface area contributed by atoms with E-state index in [4.69, 9.17) is 5.26 Å². The quantitative estimate of drug-likeness (QED) is 0.633. The average molecular weight is 421 g/mol. The Morgan fingerprint density at radius 3 is 2.57 bits per heavy atom. The van der Waals surface area contributed by atoms with Crippen LogP contribution in [0, 0.1) is 17.1 Å². The zero-order valence-corrected chi connectivity index (χ0v) is 17.4. The van der Waals surface area contributed by atoms with Crippen molar-refractivity contribution in [3.63, 3.8) is 0 Å². The monoisotopic (exact) mass is 420 g/mol. The van der Waals surface area contributed by atoms with Crippen molar-refractivity contribution in [1.82, 2.24) is 4.31 Å². The van der Waals surface area contributed by atoms with Crippen molar-refractivity contribution >= 4 is 10.0 Å². The number of nitriles is 1. The lowest BCUT2D eigenvalue weighted by atomic mass is 9.91. The molecule has 0 radical (unpaired) electrons. The predicted molar refractivity (Wildman–Crippen MR) is 115 cm³/mol. The van der Waals surface area contributed by atoms with Crippen molar-refractivity contribution in [3.05, 3.63) is 94.3 Å². The van der Waals surface area contributed by atoms with Gasteiger partial charge in [-0.15, -0.1) is 0 Å². The maximum absolute atomic E-state index is 14.5. The van der Waals surface area contributed by atoms with Crippen LogP contribution in [-0.2, 0) is 29.4 Å². The molecule has 3 aromatic carbocycles. The normalized spacial score (nSPS) is 14.2. The van der Waals surface area contributed by atoms with Gasteiger partial charge in [-0.3, -0.25) is 0 Å². The van der Waals surface area contributed by atoms with Crippen molar-refractivity contribution in [2.24, 2.45) is 0 Å². The molecule has 1 heterocycles. The van der Waals surface area contributed by atoms with Crippen molar-refractivity contribution < 1.29 is 12.8 Å². The molecule has 4 rings (SSSR count). The molecule has 3 aromatic rings. The van der Waals surface area contributed by atoms with Crippen LogP contribution in [0.4, 0.5) is 4.39 Å². The van der Waals surface area contributed by atoms with Gasteiger partial charge < -0.3 is 0 Å². The van der Waals surface area contributed by atoms with Gasteiger partial charge in [0, 0.05) is 18.7 Å². The molecule has 0 unspecified atom stereocenters. The summed E-state index contributed by atoms with van der Waals surface area (Å²) in [4.78, 5) is 0. The summed E-state index contributed by atoms with van der Waals surface area (Å²) in [6.45, 7) is 0.866. The summed E-state index contributed by atoms with van der Waals surface area (Å²) >= 11 is 0. The number of hydrogen-bond acceptors (Lipinski definition) is 3. The Labute approximate surface area is 176 Å². The summed E-state index contributed by atoms with van der Waals surface area (Å²) in [5, 5.41) is 8.96. The van der Waals surface area contributed by atoms with Crippen molar-refractivity contribution in [2.75, 3.05) is 12.8 Å². The third-order valence-corrected chi connectivity index (χ3v) is 6.80. The second-order valence-electron chi connectivity index (χ2n) is 7.58. The second-order valence-corrected chi connectivity index (χ2v) is 9.56. The highest BCUT2D eigenvalue weighted by molar-refractivity contribution is 7.88. The van der Waals surface area contributed by atoms with Crippen LogP contribution in [0.2, 0.25) is 0 Å². The Morgan fingerprint density at radius 1 is 1.10 bits per heavy atom. The molecule has 0 fully saturated rings. The molecule has 1 aliphatic rings. The Morgan fingerprint density at radius 2 is 1.87 bits per heavy atom. The number of rotatable bonds is 4.